The Balaban J connectivity index is 1.94. The van der Waals surface area contributed by atoms with E-state index >= 15 is 0 Å². The maximum absolute atomic E-state index is 12.9. The van der Waals surface area contributed by atoms with Crippen molar-refractivity contribution in [2.75, 3.05) is 5.32 Å². The zero-order chi connectivity index (χ0) is 12.5. The lowest BCUT2D eigenvalue weighted by atomic mass is 9.92. The molecule has 1 aliphatic rings. The molecule has 3 heteroatoms. The molecule has 0 spiro atoms. The summed E-state index contributed by atoms with van der Waals surface area (Å²) in [5, 5.41) is 3.32. The second-order valence-electron chi connectivity index (χ2n) is 4.42. The number of carbonyl (C=O) groups is 1. The second kappa shape index (κ2) is 4.26. The molecule has 2 nitrogen and oxygen atoms in total. The summed E-state index contributed by atoms with van der Waals surface area (Å²) in [7, 11) is 0. The first-order chi connectivity index (χ1) is 8.74. The van der Waals surface area contributed by atoms with Crippen LogP contribution < -0.4 is 5.32 Å². The molecule has 2 aromatic rings. The molecular formula is C15H12FNO. The van der Waals surface area contributed by atoms with Crippen molar-refractivity contribution in [3.8, 4) is 0 Å². The molecule has 0 saturated carbocycles. The van der Waals surface area contributed by atoms with Crippen LogP contribution >= 0.6 is 0 Å². The molecule has 1 heterocycles. The fraction of sp³-hybridized carbons (Fsp3) is 0.133. The molecule has 0 fully saturated rings. The number of ketones is 1. The van der Waals surface area contributed by atoms with Gasteiger partial charge in [-0.1, -0.05) is 24.3 Å². The minimum atomic E-state index is -0.263. The van der Waals surface area contributed by atoms with Gasteiger partial charge in [0.05, 0.1) is 6.04 Å². The normalized spacial score (nSPS) is 18.1. The predicted molar refractivity (Wildman–Crippen MR) is 68.2 cm³/mol. The molecule has 2 aromatic carbocycles. The van der Waals surface area contributed by atoms with Crippen molar-refractivity contribution in [3.63, 3.8) is 0 Å². The third kappa shape index (κ3) is 1.88. The van der Waals surface area contributed by atoms with E-state index in [1.165, 1.54) is 12.1 Å². The third-order valence-electron chi connectivity index (χ3n) is 3.22. The van der Waals surface area contributed by atoms with Crippen LogP contribution in [0.5, 0.6) is 0 Å². The van der Waals surface area contributed by atoms with Crippen molar-refractivity contribution in [3.05, 3.63) is 65.5 Å². The van der Waals surface area contributed by atoms with Crippen molar-refractivity contribution in [2.45, 2.75) is 12.5 Å². The first-order valence-corrected chi connectivity index (χ1v) is 5.88. The molecule has 0 aromatic heterocycles. The number of Topliss-reactive ketones (excluding diaryl/α,β-unsaturated/α-hetero) is 1. The molecule has 18 heavy (non-hydrogen) atoms. The molecule has 0 unspecified atom stereocenters. The third-order valence-corrected chi connectivity index (χ3v) is 3.22. The largest absolute Gasteiger partial charge is 0.377 e. The zero-order valence-corrected chi connectivity index (χ0v) is 9.69. The highest BCUT2D eigenvalue weighted by Gasteiger charge is 2.24. The van der Waals surface area contributed by atoms with Crippen molar-refractivity contribution in [1.82, 2.24) is 0 Å². The van der Waals surface area contributed by atoms with E-state index in [-0.39, 0.29) is 17.6 Å². The van der Waals surface area contributed by atoms with Crippen LogP contribution in [0, 0.1) is 5.82 Å². The minimum absolute atomic E-state index is 0.0759. The summed E-state index contributed by atoms with van der Waals surface area (Å²) in [6.07, 6.45) is 0.405. The highest BCUT2D eigenvalue weighted by atomic mass is 19.1. The first kappa shape index (κ1) is 11.0. The Hall–Kier alpha value is -2.16. The van der Waals surface area contributed by atoms with Gasteiger partial charge in [-0.15, -0.1) is 0 Å². The summed E-state index contributed by atoms with van der Waals surface area (Å²) in [5.74, 6) is -0.139. The smallest absolute Gasteiger partial charge is 0.167 e. The Morgan fingerprint density at radius 1 is 1.06 bits per heavy atom. The summed E-state index contributed by atoms with van der Waals surface area (Å²) >= 11 is 0. The Morgan fingerprint density at radius 2 is 1.78 bits per heavy atom. The number of para-hydroxylation sites is 1. The Kier molecular flexibility index (Phi) is 2.59. The Morgan fingerprint density at radius 3 is 2.56 bits per heavy atom. The van der Waals surface area contributed by atoms with E-state index in [0.717, 1.165) is 16.8 Å². The summed E-state index contributed by atoms with van der Waals surface area (Å²) in [4.78, 5) is 12.0. The van der Waals surface area contributed by atoms with Crippen LogP contribution in [0.1, 0.15) is 28.4 Å². The van der Waals surface area contributed by atoms with Gasteiger partial charge in [-0.05, 0) is 29.8 Å². The Labute approximate surface area is 104 Å². The molecule has 0 radical (unpaired) electrons. The molecule has 90 valence electrons. The first-order valence-electron chi connectivity index (χ1n) is 5.88. The lowest BCUT2D eigenvalue weighted by Gasteiger charge is -2.26. The van der Waals surface area contributed by atoms with Crippen LogP contribution in [0.3, 0.4) is 0 Å². The number of rotatable bonds is 1. The van der Waals surface area contributed by atoms with E-state index in [2.05, 4.69) is 5.32 Å². The van der Waals surface area contributed by atoms with Crippen molar-refractivity contribution >= 4 is 11.5 Å². The molecule has 0 bridgehead atoms. The fourth-order valence-corrected chi connectivity index (χ4v) is 2.28. The number of halogens is 1. The van der Waals surface area contributed by atoms with E-state index in [1.54, 1.807) is 12.1 Å². The number of fused-ring (bicyclic) bond motifs is 1. The van der Waals surface area contributed by atoms with E-state index in [1.807, 2.05) is 24.3 Å². The van der Waals surface area contributed by atoms with Crippen LogP contribution in [0.25, 0.3) is 0 Å². The van der Waals surface area contributed by atoms with Gasteiger partial charge < -0.3 is 5.32 Å². The standard InChI is InChI=1S/C15H12FNO/c16-11-7-5-10(6-8-11)14-9-15(18)12-3-1-2-4-13(12)17-14/h1-8,14,17H,9H2/t14-/m0/s1. The summed E-state index contributed by atoms with van der Waals surface area (Å²) in [6, 6.07) is 13.7. The molecule has 1 N–H and O–H groups in total. The van der Waals surface area contributed by atoms with Gasteiger partial charge in [0.2, 0.25) is 0 Å². The number of hydrogen-bond acceptors (Lipinski definition) is 2. The van der Waals surface area contributed by atoms with Crippen molar-refractivity contribution < 1.29 is 9.18 Å². The second-order valence-corrected chi connectivity index (χ2v) is 4.42. The van der Waals surface area contributed by atoms with Crippen molar-refractivity contribution in [2.24, 2.45) is 0 Å². The summed E-state index contributed by atoms with van der Waals surface area (Å²) in [5.41, 5.74) is 2.51. The molecule has 1 atom stereocenters. The number of anilines is 1. The van der Waals surface area contributed by atoms with Gasteiger partial charge in [0, 0.05) is 17.7 Å². The van der Waals surface area contributed by atoms with E-state index in [0.29, 0.717) is 6.42 Å². The van der Waals surface area contributed by atoms with Crippen molar-refractivity contribution in [1.29, 1.82) is 0 Å². The number of nitrogens with one attached hydrogen (secondary N) is 1. The van der Waals surface area contributed by atoms with Crippen LogP contribution in [-0.2, 0) is 0 Å². The van der Waals surface area contributed by atoms with Crippen LogP contribution in [0.4, 0.5) is 10.1 Å². The average molecular weight is 241 g/mol. The Bertz CT molecular complexity index is 592. The maximum atomic E-state index is 12.9. The van der Waals surface area contributed by atoms with Gasteiger partial charge in [-0.2, -0.15) is 0 Å². The number of hydrogen-bond donors (Lipinski definition) is 1. The quantitative estimate of drug-likeness (QED) is 0.827. The highest BCUT2D eigenvalue weighted by Crippen LogP contribution is 2.32. The van der Waals surface area contributed by atoms with E-state index in [9.17, 15) is 9.18 Å². The van der Waals surface area contributed by atoms with E-state index < -0.39 is 0 Å². The van der Waals surface area contributed by atoms with Gasteiger partial charge in [0.15, 0.2) is 5.78 Å². The van der Waals surface area contributed by atoms with Gasteiger partial charge in [-0.25, -0.2) is 4.39 Å². The fourth-order valence-electron chi connectivity index (χ4n) is 2.28. The van der Waals surface area contributed by atoms with Gasteiger partial charge in [0.1, 0.15) is 5.82 Å². The highest BCUT2D eigenvalue weighted by molar-refractivity contribution is 6.03. The lowest BCUT2D eigenvalue weighted by molar-refractivity contribution is 0.0972. The van der Waals surface area contributed by atoms with Gasteiger partial charge in [0.25, 0.3) is 0 Å². The lowest BCUT2D eigenvalue weighted by Crippen LogP contribution is -2.22. The van der Waals surface area contributed by atoms with Crippen LogP contribution in [-0.4, -0.2) is 5.78 Å². The number of carbonyl (C=O) groups excluding carboxylic acids is 1. The topological polar surface area (TPSA) is 29.1 Å². The molecule has 0 aliphatic carbocycles. The molecular weight excluding hydrogens is 229 g/mol. The summed E-state index contributed by atoms with van der Waals surface area (Å²) in [6.45, 7) is 0. The van der Waals surface area contributed by atoms with Crippen LogP contribution in [0.2, 0.25) is 0 Å². The molecule has 0 amide bonds. The number of benzene rings is 2. The summed E-state index contributed by atoms with van der Waals surface area (Å²) < 4.78 is 12.9. The molecule has 3 rings (SSSR count). The monoisotopic (exact) mass is 241 g/mol. The molecule has 0 saturated heterocycles. The van der Waals surface area contributed by atoms with E-state index in [4.69, 9.17) is 0 Å². The van der Waals surface area contributed by atoms with Gasteiger partial charge >= 0.3 is 0 Å². The minimum Gasteiger partial charge on any atom is -0.377 e. The average Bonchev–Trinajstić information content (AvgIpc) is 2.39. The molecule has 1 aliphatic heterocycles. The predicted octanol–water partition coefficient (Wildman–Crippen LogP) is 3.57. The maximum Gasteiger partial charge on any atom is 0.167 e. The van der Waals surface area contributed by atoms with Gasteiger partial charge in [-0.3, -0.25) is 4.79 Å². The van der Waals surface area contributed by atoms with Crippen LogP contribution in [0.15, 0.2) is 48.5 Å². The SMILES string of the molecule is O=C1C[C@@H](c2ccc(F)cc2)Nc2ccccc21. The zero-order valence-electron chi connectivity index (χ0n) is 9.69.